The van der Waals surface area contributed by atoms with Crippen LogP contribution in [0.1, 0.15) is 26.3 Å². The van der Waals surface area contributed by atoms with Gasteiger partial charge in [-0.25, -0.2) is 0 Å². The van der Waals surface area contributed by atoms with Crippen LogP contribution in [0.3, 0.4) is 0 Å². The Labute approximate surface area is 113 Å². The van der Waals surface area contributed by atoms with Crippen molar-refractivity contribution >= 4 is 0 Å². The summed E-state index contributed by atoms with van der Waals surface area (Å²) in [7, 11) is 0. The normalized spacial score (nSPS) is 16.5. The molecule has 0 spiro atoms. The van der Waals surface area contributed by atoms with Crippen molar-refractivity contribution < 1.29 is 19.3 Å². The van der Waals surface area contributed by atoms with E-state index in [1.54, 1.807) is 13.0 Å². The van der Waals surface area contributed by atoms with Gasteiger partial charge in [-0.15, -0.1) is 0 Å². The van der Waals surface area contributed by atoms with E-state index in [2.05, 4.69) is 0 Å². The first kappa shape index (κ1) is 14.0. The van der Waals surface area contributed by atoms with Crippen molar-refractivity contribution in [3.63, 3.8) is 0 Å². The molecule has 1 aliphatic rings. The van der Waals surface area contributed by atoms with Crippen LogP contribution in [0, 0.1) is 5.92 Å². The minimum Gasteiger partial charge on any atom is -0.490 e. The van der Waals surface area contributed by atoms with Gasteiger partial charge >= 0.3 is 0 Å². The van der Waals surface area contributed by atoms with Crippen molar-refractivity contribution in [2.24, 2.45) is 11.7 Å². The van der Waals surface area contributed by atoms with Gasteiger partial charge in [0.1, 0.15) is 12.4 Å². The van der Waals surface area contributed by atoms with Crippen LogP contribution in [0.5, 0.6) is 17.2 Å². The summed E-state index contributed by atoms with van der Waals surface area (Å²) in [6.45, 7) is 6.42. The average Bonchev–Trinajstić information content (AvgIpc) is 2.81. The van der Waals surface area contributed by atoms with E-state index in [1.807, 2.05) is 19.9 Å². The fourth-order valence-electron chi connectivity index (χ4n) is 1.65. The van der Waals surface area contributed by atoms with E-state index in [4.69, 9.17) is 19.9 Å². The fourth-order valence-corrected chi connectivity index (χ4v) is 1.65. The van der Waals surface area contributed by atoms with Crippen LogP contribution in [0.25, 0.3) is 0 Å². The number of aliphatic hydroxyl groups is 1. The topological polar surface area (TPSA) is 73.9 Å². The molecule has 1 atom stereocenters. The third-order valence-electron chi connectivity index (χ3n) is 3.54. The number of nitrogens with two attached hydrogens (primary N) is 1. The second-order valence-corrected chi connectivity index (χ2v) is 5.32. The summed E-state index contributed by atoms with van der Waals surface area (Å²) in [4.78, 5) is 0. The van der Waals surface area contributed by atoms with Gasteiger partial charge in [0.15, 0.2) is 11.5 Å². The first-order valence-electron chi connectivity index (χ1n) is 6.42. The molecule has 0 saturated carbocycles. The van der Waals surface area contributed by atoms with Crippen molar-refractivity contribution in [3.05, 3.63) is 17.7 Å². The predicted octanol–water partition coefficient (Wildman–Crippen LogP) is 1.66. The van der Waals surface area contributed by atoms with Crippen LogP contribution in [0.15, 0.2) is 12.1 Å². The Bertz CT molecular complexity index is 457. The lowest BCUT2D eigenvalue weighted by Gasteiger charge is -2.28. The zero-order chi connectivity index (χ0) is 14.0. The molecule has 2 rings (SSSR count). The van der Waals surface area contributed by atoms with Crippen LogP contribution >= 0.6 is 0 Å². The van der Waals surface area contributed by atoms with Gasteiger partial charge in [0.25, 0.3) is 0 Å². The molecule has 0 fully saturated rings. The quantitative estimate of drug-likeness (QED) is 0.848. The minimum atomic E-state index is -0.887. The molecule has 1 aliphatic heterocycles. The van der Waals surface area contributed by atoms with Crippen molar-refractivity contribution in [3.8, 4) is 17.2 Å². The van der Waals surface area contributed by atoms with Crippen LogP contribution in [-0.4, -0.2) is 24.1 Å². The molecule has 0 aliphatic carbocycles. The van der Waals surface area contributed by atoms with E-state index in [-0.39, 0.29) is 19.3 Å². The molecule has 0 radical (unpaired) electrons. The highest BCUT2D eigenvalue weighted by molar-refractivity contribution is 5.51. The van der Waals surface area contributed by atoms with E-state index < -0.39 is 5.60 Å². The van der Waals surface area contributed by atoms with Crippen molar-refractivity contribution in [2.75, 3.05) is 13.4 Å². The number of fused-ring (bicyclic) bond motifs is 1. The zero-order valence-corrected chi connectivity index (χ0v) is 11.6. The molecule has 0 amide bonds. The number of hydrogen-bond acceptors (Lipinski definition) is 5. The molecular weight excluding hydrogens is 246 g/mol. The lowest BCUT2D eigenvalue weighted by Crippen LogP contribution is -2.38. The minimum absolute atomic E-state index is 0.0998. The molecule has 0 saturated heterocycles. The van der Waals surface area contributed by atoms with Gasteiger partial charge in [-0.05, 0) is 18.9 Å². The van der Waals surface area contributed by atoms with Gasteiger partial charge < -0.3 is 25.1 Å². The number of benzene rings is 1. The highest BCUT2D eigenvalue weighted by Crippen LogP contribution is 2.38. The molecule has 3 N–H and O–H groups in total. The van der Waals surface area contributed by atoms with Crippen LogP contribution in [-0.2, 0) is 6.54 Å². The number of rotatable bonds is 5. The van der Waals surface area contributed by atoms with Gasteiger partial charge in [-0.3, -0.25) is 0 Å². The highest BCUT2D eigenvalue weighted by Gasteiger charge is 2.27. The smallest absolute Gasteiger partial charge is 0.231 e. The molecule has 0 aromatic heterocycles. The first-order chi connectivity index (χ1) is 8.94. The molecule has 19 heavy (non-hydrogen) atoms. The van der Waals surface area contributed by atoms with E-state index in [1.165, 1.54) is 0 Å². The van der Waals surface area contributed by atoms with E-state index >= 15 is 0 Å². The third-order valence-corrected chi connectivity index (χ3v) is 3.54. The van der Waals surface area contributed by atoms with Gasteiger partial charge in [0.2, 0.25) is 6.79 Å². The highest BCUT2D eigenvalue weighted by atomic mass is 16.7. The fraction of sp³-hybridized carbons (Fsp3) is 0.571. The Morgan fingerprint density at radius 3 is 2.58 bits per heavy atom. The second kappa shape index (κ2) is 5.27. The molecule has 106 valence electrons. The van der Waals surface area contributed by atoms with Crippen molar-refractivity contribution in [1.29, 1.82) is 0 Å². The van der Waals surface area contributed by atoms with Gasteiger partial charge in [0.05, 0.1) is 5.60 Å². The maximum absolute atomic E-state index is 10.2. The van der Waals surface area contributed by atoms with E-state index in [0.29, 0.717) is 23.8 Å². The molecule has 1 heterocycles. The predicted molar refractivity (Wildman–Crippen MR) is 71.4 cm³/mol. The molecule has 5 heteroatoms. The summed E-state index contributed by atoms with van der Waals surface area (Å²) in [5.74, 6) is 2.07. The largest absolute Gasteiger partial charge is 0.490 e. The maximum atomic E-state index is 10.2. The van der Waals surface area contributed by atoms with E-state index in [9.17, 15) is 5.11 Å². The standard InChI is InChI=1S/C14H21NO4/c1-9(2)14(3,16)7-17-11-5-13-12(18-8-19-13)4-10(11)6-15/h4-5,9,16H,6-8,15H2,1-3H3. The summed E-state index contributed by atoms with van der Waals surface area (Å²) in [5.41, 5.74) is 5.66. The summed E-state index contributed by atoms with van der Waals surface area (Å²) in [6, 6.07) is 3.59. The van der Waals surface area contributed by atoms with E-state index in [0.717, 1.165) is 5.56 Å². The maximum Gasteiger partial charge on any atom is 0.231 e. The zero-order valence-electron chi connectivity index (χ0n) is 11.6. The second-order valence-electron chi connectivity index (χ2n) is 5.32. The monoisotopic (exact) mass is 267 g/mol. The molecular formula is C14H21NO4. The Morgan fingerprint density at radius 2 is 2.00 bits per heavy atom. The average molecular weight is 267 g/mol. The molecule has 0 bridgehead atoms. The van der Waals surface area contributed by atoms with Gasteiger partial charge in [0, 0.05) is 18.2 Å². The van der Waals surface area contributed by atoms with Crippen LogP contribution in [0.2, 0.25) is 0 Å². The Hall–Kier alpha value is -1.46. The lowest BCUT2D eigenvalue weighted by molar-refractivity contribution is -0.0269. The summed E-state index contributed by atoms with van der Waals surface area (Å²) in [6.07, 6.45) is 0. The summed E-state index contributed by atoms with van der Waals surface area (Å²) in [5, 5.41) is 10.2. The van der Waals surface area contributed by atoms with Crippen molar-refractivity contribution in [2.45, 2.75) is 32.9 Å². The summed E-state index contributed by atoms with van der Waals surface area (Å²) >= 11 is 0. The molecule has 5 nitrogen and oxygen atoms in total. The Morgan fingerprint density at radius 1 is 1.37 bits per heavy atom. The Balaban J connectivity index is 2.16. The number of hydrogen-bond donors (Lipinski definition) is 2. The van der Waals surface area contributed by atoms with Crippen molar-refractivity contribution in [1.82, 2.24) is 0 Å². The van der Waals surface area contributed by atoms with Crippen LogP contribution < -0.4 is 19.9 Å². The first-order valence-corrected chi connectivity index (χ1v) is 6.42. The molecule has 1 aromatic rings. The van der Waals surface area contributed by atoms with Gasteiger partial charge in [-0.2, -0.15) is 0 Å². The lowest BCUT2D eigenvalue weighted by atomic mass is 9.94. The number of ether oxygens (including phenoxy) is 3. The van der Waals surface area contributed by atoms with Gasteiger partial charge in [-0.1, -0.05) is 13.8 Å². The Kier molecular flexibility index (Phi) is 3.87. The van der Waals surface area contributed by atoms with Crippen LogP contribution in [0.4, 0.5) is 0 Å². The molecule has 1 unspecified atom stereocenters. The summed E-state index contributed by atoms with van der Waals surface area (Å²) < 4.78 is 16.3. The third kappa shape index (κ3) is 2.93. The molecule has 1 aromatic carbocycles. The SMILES string of the molecule is CC(C)C(C)(O)COc1cc2c(cc1CN)OCO2.